The van der Waals surface area contributed by atoms with Gasteiger partial charge in [0.25, 0.3) is 0 Å². The first kappa shape index (κ1) is 16.3. The number of rotatable bonds is 5. The molecule has 1 aromatic rings. The molecule has 2 unspecified atom stereocenters. The van der Waals surface area contributed by atoms with E-state index in [1.165, 1.54) is 12.1 Å². The molecule has 0 aliphatic carbocycles. The van der Waals surface area contributed by atoms with Gasteiger partial charge in [0.05, 0.1) is 17.8 Å². The minimum Gasteiger partial charge on any atom is -0.387 e. The maximum atomic E-state index is 12.7. The molecule has 118 valence electrons. The fourth-order valence-electron chi connectivity index (χ4n) is 2.53. The number of hydrogen-bond acceptors (Lipinski definition) is 3. The molecular formula is C15H20F3NO2. The first-order valence-corrected chi connectivity index (χ1v) is 7.01. The van der Waals surface area contributed by atoms with Gasteiger partial charge in [-0.15, -0.1) is 0 Å². The van der Waals surface area contributed by atoms with Gasteiger partial charge in [0.2, 0.25) is 0 Å². The van der Waals surface area contributed by atoms with Crippen molar-refractivity contribution in [3.05, 3.63) is 35.4 Å². The zero-order valence-corrected chi connectivity index (χ0v) is 11.9. The van der Waals surface area contributed by atoms with Crippen molar-refractivity contribution < 1.29 is 23.0 Å². The van der Waals surface area contributed by atoms with Crippen molar-refractivity contribution in [1.29, 1.82) is 0 Å². The second-order valence-corrected chi connectivity index (χ2v) is 5.50. The van der Waals surface area contributed by atoms with Crippen LogP contribution in [0.4, 0.5) is 13.2 Å². The van der Waals surface area contributed by atoms with Crippen LogP contribution in [0.2, 0.25) is 0 Å². The van der Waals surface area contributed by atoms with Crippen LogP contribution >= 0.6 is 0 Å². The summed E-state index contributed by atoms with van der Waals surface area (Å²) in [5.74, 6) is 0. The topological polar surface area (TPSA) is 32.7 Å². The van der Waals surface area contributed by atoms with Gasteiger partial charge >= 0.3 is 6.18 Å². The summed E-state index contributed by atoms with van der Waals surface area (Å²) in [6.45, 7) is 1.71. The summed E-state index contributed by atoms with van der Waals surface area (Å²) in [5.41, 5.74) is -0.454. The third-order valence-electron chi connectivity index (χ3n) is 3.62. The van der Waals surface area contributed by atoms with Crippen LogP contribution in [0.25, 0.3) is 0 Å². The number of alkyl halides is 3. The fraction of sp³-hybridized carbons (Fsp3) is 0.600. The largest absolute Gasteiger partial charge is 0.416 e. The Morgan fingerprint density at radius 2 is 2.19 bits per heavy atom. The maximum Gasteiger partial charge on any atom is 0.416 e. The van der Waals surface area contributed by atoms with Gasteiger partial charge in [-0.25, -0.2) is 0 Å². The third-order valence-corrected chi connectivity index (χ3v) is 3.62. The Bertz CT molecular complexity index is 458. The summed E-state index contributed by atoms with van der Waals surface area (Å²) >= 11 is 0. The molecule has 0 aromatic heterocycles. The molecule has 1 fully saturated rings. The Hall–Kier alpha value is -1.11. The van der Waals surface area contributed by atoms with Crippen LogP contribution in [0.1, 0.15) is 30.1 Å². The molecule has 3 nitrogen and oxygen atoms in total. The van der Waals surface area contributed by atoms with Crippen LogP contribution in [0, 0.1) is 0 Å². The van der Waals surface area contributed by atoms with Gasteiger partial charge in [-0.05, 0) is 37.6 Å². The minimum atomic E-state index is -4.39. The van der Waals surface area contributed by atoms with E-state index in [1.54, 1.807) is 0 Å². The van der Waals surface area contributed by atoms with Crippen molar-refractivity contribution in [1.82, 2.24) is 4.90 Å². The summed E-state index contributed by atoms with van der Waals surface area (Å²) in [7, 11) is 1.83. The number of aliphatic hydroxyl groups is 1. The first-order chi connectivity index (χ1) is 9.86. The highest BCUT2D eigenvalue weighted by molar-refractivity contribution is 5.27. The zero-order chi connectivity index (χ0) is 15.5. The molecular weight excluding hydrogens is 283 g/mol. The highest BCUT2D eigenvalue weighted by Gasteiger charge is 2.31. The molecule has 2 rings (SSSR count). The summed E-state index contributed by atoms with van der Waals surface area (Å²) in [6.07, 6.45) is -3.15. The van der Waals surface area contributed by atoms with Crippen molar-refractivity contribution in [3.8, 4) is 0 Å². The molecule has 0 radical (unpaired) electrons. The average molecular weight is 303 g/mol. The van der Waals surface area contributed by atoms with E-state index in [4.69, 9.17) is 4.74 Å². The number of halogens is 3. The molecule has 0 amide bonds. The van der Waals surface area contributed by atoms with Crippen LogP contribution in [0.15, 0.2) is 24.3 Å². The van der Waals surface area contributed by atoms with Gasteiger partial charge in [-0.1, -0.05) is 12.1 Å². The highest BCUT2D eigenvalue weighted by Crippen LogP contribution is 2.30. The lowest BCUT2D eigenvalue weighted by atomic mass is 10.1. The lowest BCUT2D eigenvalue weighted by molar-refractivity contribution is -0.137. The Balaban J connectivity index is 1.94. The SMILES string of the molecule is CN(CC1CCCO1)CC(O)c1cccc(C(F)(F)F)c1. The lowest BCUT2D eigenvalue weighted by Crippen LogP contribution is -2.32. The molecule has 2 atom stereocenters. The fourth-order valence-corrected chi connectivity index (χ4v) is 2.53. The van der Waals surface area contributed by atoms with Crippen LogP contribution in [0.3, 0.4) is 0 Å². The van der Waals surface area contributed by atoms with E-state index in [0.29, 0.717) is 6.54 Å². The van der Waals surface area contributed by atoms with Crippen molar-refractivity contribution >= 4 is 0 Å². The highest BCUT2D eigenvalue weighted by atomic mass is 19.4. The third kappa shape index (κ3) is 4.69. The molecule has 1 N–H and O–H groups in total. The van der Waals surface area contributed by atoms with E-state index in [1.807, 2.05) is 11.9 Å². The average Bonchev–Trinajstić information content (AvgIpc) is 2.90. The Labute approximate surface area is 122 Å². The van der Waals surface area contributed by atoms with E-state index >= 15 is 0 Å². The summed E-state index contributed by atoms with van der Waals surface area (Å²) in [6, 6.07) is 4.85. The number of aliphatic hydroxyl groups excluding tert-OH is 1. The molecule has 0 bridgehead atoms. The standard InChI is InChI=1S/C15H20F3NO2/c1-19(9-13-6-3-7-21-13)10-14(20)11-4-2-5-12(8-11)15(16,17)18/h2,4-5,8,13-14,20H,3,6-7,9-10H2,1H3. The van der Waals surface area contributed by atoms with Gasteiger partial charge in [-0.2, -0.15) is 13.2 Å². The number of likely N-dealkylation sites (N-methyl/N-ethyl adjacent to an activating group) is 1. The first-order valence-electron chi connectivity index (χ1n) is 7.01. The number of ether oxygens (including phenoxy) is 1. The Kier molecular flexibility index (Phi) is 5.24. The molecule has 0 spiro atoms. The number of hydrogen-bond donors (Lipinski definition) is 1. The van der Waals surface area contributed by atoms with Gasteiger partial charge in [0, 0.05) is 19.7 Å². The Morgan fingerprint density at radius 3 is 2.81 bits per heavy atom. The Morgan fingerprint density at radius 1 is 1.43 bits per heavy atom. The van der Waals surface area contributed by atoms with Gasteiger partial charge in [0.1, 0.15) is 0 Å². The second-order valence-electron chi connectivity index (χ2n) is 5.50. The van der Waals surface area contributed by atoms with Crippen LogP contribution in [-0.2, 0) is 10.9 Å². The molecule has 21 heavy (non-hydrogen) atoms. The summed E-state index contributed by atoms with van der Waals surface area (Å²) < 4.78 is 43.5. The minimum absolute atomic E-state index is 0.156. The van der Waals surface area contributed by atoms with E-state index in [2.05, 4.69) is 0 Å². The van der Waals surface area contributed by atoms with Crippen LogP contribution in [0.5, 0.6) is 0 Å². The smallest absolute Gasteiger partial charge is 0.387 e. The normalized spacial score (nSPS) is 21.0. The predicted octanol–water partition coefficient (Wildman–Crippen LogP) is 2.85. The van der Waals surface area contributed by atoms with E-state index < -0.39 is 17.8 Å². The van der Waals surface area contributed by atoms with Crippen molar-refractivity contribution in [2.45, 2.75) is 31.2 Å². The second kappa shape index (κ2) is 6.77. The van der Waals surface area contributed by atoms with E-state index in [-0.39, 0.29) is 18.2 Å². The van der Waals surface area contributed by atoms with Crippen molar-refractivity contribution in [3.63, 3.8) is 0 Å². The van der Waals surface area contributed by atoms with Gasteiger partial charge < -0.3 is 14.7 Å². The van der Waals surface area contributed by atoms with Gasteiger partial charge in [-0.3, -0.25) is 0 Å². The lowest BCUT2D eigenvalue weighted by Gasteiger charge is -2.23. The zero-order valence-electron chi connectivity index (χ0n) is 11.9. The van der Waals surface area contributed by atoms with Crippen LogP contribution in [-0.4, -0.2) is 42.9 Å². The van der Waals surface area contributed by atoms with Crippen molar-refractivity contribution in [2.24, 2.45) is 0 Å². The van der Waals surface area contributed by atoms with Gasteiger partial charge in [0.15, 0.2) is 0 Å². The monoisotopic (exact) mass is 303 g/mol. The molecule has 1 aliphatic rings. The predicted molar refractivity (Wildman–Crippen MR) is 72.9 cm³/mol. The summed E-state index contributed by atoms with van der Waals surface area (Å²) in [4.78, 5) is 1.89. The maximum absolute atomic E-state index is 12.7. The molecule has 6 heteroatoms. The van der Waals surface area contributed by atoms with Crippen molar-refractivity contribution in [2.75, 3.05) is 26.7 Å². The van der Waals surface area contributed by atoms with E-state index in [0.717, 1.165) is 31.6 Å². The molecule has 1 aromatic carbocycles. The summed E-state index contributed by atoms with van der Waals surface area (Å²) in [5, 5.41) is 10.1. The van der Waals surface area contributed by atoms with Crippen LogP contribution < -0.4 is 0 Å². The van der Waals surface area contributed by atoms with E-state index in [9.17, 15) is 18.3 Å². The number of benzene rings is 1. The molecule has 1 heterocycles. The molecule has 0 saturated carbocycles. The molecule has 1 aliphatic heterocycles. The number of nitrogens with zero attached hydrogens (tertiary/aromatic N) is 1. The molecule has 1 saturated heterocycles. The quantitative estimate of drug-likeness (QED) is 0.908.